The molecule has 4 aromatic carbocycles. The molecule has 0 aliphatic carbocycles. The number of hydrogen-bond donors (Lipinski definition) is 0. The summed E-state index contributed by atoms with van der Waals surface area (Å²) in [5.41, 5.74) is 1.64. The van der Waals surface area contributed by atoms with E-state index in [2.05, 4.69) is 0 Å². The van der Waals surface area contributed by atoms with Gasteiger partial charge in [0.2, 0.25) is 0 Å². The number of rotatable bonds is 8. The van der Waals surface area contributed by atoms with E-state index in [4.69, 9.17) is 9.47 Å². The van der Waals surface area contributed by atoms with Crippen LogP contribution in [0.15, 0.2) is 88.7 Å². The molecular formula is C28H27NO5S2. The van der Waals surface area contributed by atoms with Crippen LogP contribution in [0.4, 0.5) is 0 Å². The molecule has 0 aliphatic heterocycles. The summed E-state index contributed by atoms with van der Waals surface area (Å²) in [5, 5.41) is 2.23. The zero-order chi connectivity index (χ0) is 25.9. The number of methoxy groups -OCH3 is 1. The Morgan fingerprint density at radius 3 is 2.22 bits per heavy atom. The predicted octanol–water partition coefficient (Wildman–Crippen LogP) is 6.75. The van der Waals surface area contributed by atoms with Gasteiger partial charge >= 0.3 is 5.97 Å². The molecule has 0 unspecified atom stereocenters. The number of sulfonamides is 1. The molecule has 0 aromatic heterocycles. The van der Waals surface area contributed by atoms with Crippen molar-refractivity contribution in [3.8, 4) is 11.5 Å². The Labute approximate surface area is 216 Å². The second-order valence-electron chi connectivity index (χ2n) is 8.20. The van der Waals surface area contributed by atoms with Crippen LogP contribution in [0.5, 0.6) is 11.5 Å². The minimum atomic E-state index is -3.88. The quantitative estimate of drug-likeness (QED) is 0.189. The van der Waals surface area contributed by atoms with Crippen LogP contribution in [0.1, 0.15) is 28.4 Å². The molecule has 0 radical (unpaired) electrons. The topological polar surface area (TPSA) is 72.9 Å². The van der Waals surface area contributed by atoms with E-state index in [1.807, 2.05) is 66.7 Å². The van der Waals surface area contributed by atoms with Crippen LogP contribution < -0.4 is 4.74 Å². The lowest BCUT2D eigenvalue weighted by Crippen LogP contribution is -2.25. The summed E-state index contributed by atoms with van der Waals surface area (Å²) < 4.78 is 39.0. The third-order valence-electron chi connectivity index (χ3n) is 5.86. The normalized spacial score (nSPS) is 11.6. The number of fused-ring (bicyclic) bond motifs is 1. The lowest BCUT2D eigenvalue weighted by Gasteiger charge is -2.20. The van der Waals surface area contributed by atoms with E-state index in [0.717, 1.165) is 33.4 Å². The van der Waals surface area contributed by atoms with Crippen molar-refractivity contribution in [2.45, 2.75) is 30.6 Å². The number of benzene rings is 4. The second kappa shape index (κ2) is 10.7. The highest BCUT2D eigenvalue weighted by atomic mass is 32.3. The largest absolute Gasteiger partial charge is 0.465 e. The van der Waals surface area contributed by atoms with Crippen molar-refractivity contribution in [1.82, 2.24) is 3.71 Å². The van der Waals surface area contributed by atoms with Gasteiger partial charge in [0, 0.05) is 11.4 Å². The van der Waals surface area contributed by atoms with Crippen molar-refractivity contribution in [3.05, 3.63) is 95.6 Å². The van der Waals surface area contributed by atoms with Crippen molar-refractivity contribution in [3.63, 3.8) is 0 Å². The van der Waals surface area contributed by atoms with Gasteiger partial charge in [-0.15, -0.1) is 3.71 Å². The first-order valence-corrected chi connectivity index (χ1v) is 13.6. The van der Waals surface area contributed by atoms with Gasteiger partial charge in [0.05, 0.1) is 17.6 Å². The highest BCUT2D eigenvalue weighted by Gasteiger charge is 2.27. The van der Waals surface area contributed by atoms with Gasteiger partial charge in [0.25, 0.3) is 10.0 Å². The molecule has 4 aromatic rings. The van der Waals surface area contributed by atoms with Crippen LogP contribution >= 0.6 is 11.9 Å². The maximum absolute atomic E-state index is 13.4. The summed E-state index contributed by atoms with van der Waals surface area (Å²) in [4.78, 5) is 13.0. The first-order valence-electron chi connectivity index (χ1n) is 11.4. The molecule has 0 saturated heterocycles. The van der Waals surface area contributed by atoms with Crippen molar-refractivity contribution in [1.29, 1.82) is 0 Å². The molecule has 0 bridgehead atoms. The summed E-state index contributed by atoms with van der Waals surface area (Å²) in [5.74, 6) is 0.811. The number of nitrogens with zero attached hydrogens (tertiary/aromatic N) is 1. The van der Waals surface area contributed by atoms with E-state index in [1.54, 1.807) is 26.8 Å². The molecule has 6 nitrogen and oxygen atoms in total. The van der Waals surface area contributed by atoms with Gasteiger partial charge in [-0.1, -0.05) is 37.3 Å². The molecule has 0 amide bonds. The summed E-state index contributed by atoms with van der Waals surface area (Å²) in [7, 11) is -2.60. The van der Waals surface area contributed by atoms with Crippen molar-refractivity contribution >= 4 is 38.7 Å². The molecule has 0 spiro atoms. The molecule has 4 rings (SSSR count). The fraction of sp³-hybridized carbons (Fsp3) is 0.179. The summed E-state index contributed by atoms with van der Waals surface area (Å²) in [6, 6.07) is 24.2. The Morgan fingerprint density at radius 2 is 1.56 bits per heavy atom. The molecule has 186 valence electrons. The maximum atomic E-state index is 13.4. The summed E-state index contributed by atoms with van der Waals surface area (Å²) >= 11 is 1.11. The van der Waals surface area contributed by atoms with E-state index in [1.165, 1.54) is 16.9 Å². The van der Waals surface area contributed by atoms with E-state index in [9.17, 15) is 13.2 Å². The van der Waals surface area contributed by atoms with Gasteiger partial charge in [-0.05, 0) is 96.2 Å². The molecule has 0 aliphatic rings. The van der Waals surface area contributed by atoms with Crippen LogP contribution in [-0.4, -0.2) is 31.8 Å². The number of carbonyl (C=O) groups excluding carboxylic acids is 1. The fourth-order valence-corrected chi connectivity index (χ4v) is 6.45. The molecule has 36 heavy (non-hydrogen) atoms. The Balaban J connectivity index is 1.53. The summed E-state index contributed by atoms with van der Waals surface area (Å²) in [6.45, 7) is 5.55. The molecule has 0 atom stereocenters. The molecule has 0 heterocycles. The minimum Gasteiger partial charge on any atom is -0.465 e. The minimum absolute atomic E-state index is 0.0524. The van der Waals surface area contributed by atoms with Crippen molar-refractivity contribution in [2.24, 2.45) is 0 Å². The molecule has 8 heteroatoms. The first kappa shape index (κ1) is 25.8. The Morgan fingerprint density at radius 1 is 0.889 bits per heavy atom. The lowest BCUT2D eigenvalue weighted by atomic mass is 10.0. The van der Waals surface area contributed by atoms with E-state index < -0.39 is 16.0 Å². The van der Waals surface area contributed by atoms with Gasteiger partial charge in [-0.2, -0.15) is 0 Å². The average molecular weight is 522 g/mol. The smallest absolute Gasteiger partial charge is 0.338 e. The van der Waals surface area contributed by atoms with Gasteiger partial charge in [0.1, 0.15) is 11.5 Å². The Bertz CT molecular complexity index is 1520. The lowest BCUT2D eigenvalue weighted by molar-refractivity contribution is 0.0599. The second-order valence-corrected chi connectivity index (χ2v) is 11.4. The molecular weight excluding hydrogens is 494 g/mol. The zero-order valence-corrected chi connectivity index (χ0v) is 22.2. The van der Waals surface area contributed by atoms with Gasteiger partial charge in [0.15, 0.2) is 0 Å². The van der Waals surface area contributed by atoms with Crippen LogP contribution in [0.3, 0.4) is 0 Å². The van der Waals surface area contributed by atoms with E-state index in [-0.39, 0.29) is 17.0 Å². The van der Waals surface area contributed by atoms with E-state index in [0.29, 0.717) is 16.9 Å². The summed E-state index contributed by atoms with van der Waals surface area (Å²) in [6.07, 6.45) is 0. The fourth-order valence-electron chi connectivity index (χ4n) is 3.75. The van der Waals surface area contributed by atoms with Crippen molar-refractivity contribution in [2.75, 3.05) is 13.7 Å². The van der Waals surface area contributed by atoms with Crippen molar-refractivity contribution < 1.29 is 22.7 Å². The average Bonchev–Trinajstić information content (AvgIpc) is 2.89. The highest BCUT2D eigenvalue weighted by molar-refractivity contribution is 8.08. The standard InChI is InChI=1S/C28H27NO5S2/c1-5-29(36(31,32)26-16-19(2)20(3)27(18-26)28(30)33-4)35-25-14-12-23(13-15-25)34-24-11-10-21-8-6-7-9-22(21)17-24/h6-18H,5H2,1-4H3. The van der Waals surface area contributed by atoms with Crippen LogP contribution in [-0.2, 0) is 14.8 Å². The SMILES string of the molecule is CCN(Sc1ccc(Oc2ccc3ccccc3c2)cc1)S(=O)(=O)c1cc(C)c(C)c(C(=O)OC)c1. The van der Waals surface area contributed by atoms with Gasteiger partial charge in [-0.3, -0.25) is 0 Å². The zero-order valence-electron chi connectivity index (χ0n) is 20.5. The van der Waals surface area contributed by atoms with Gasteiger partial charge in [-0.25, -0.2) is 13.2 Å². The number of aryl methyl sites for hydroxylation is 1. The Hall–Kier alpha value is -3.33. The van der Waals surface area contributed by atoms with Crippen LogP contribution in [0.25, 0.3) is 10.8 Å². The number of carbonyl (C=O) groups is 1. The molecule has 0 fully saturated rings. The van der Waals surface area contributed by atoms with E-state index >= 15 is 0 Å². The monoisotopic (exact) mass is 521 g/mol. The predicted molar refractivity (Wildman–Crippen MR) is 143 cm³/mol. The van der Waals surface area contributed by atoms with Gasteiger partial charge < -0.3 is 9.47 Å². The number of hydrogen-bond acceptors (Lipinski definition) is 6. The molecule has 0 N–H and O–H groups in total. The maximum Gasteiger partial charge on any atom is 0.338 e. The highest BCUT2D eigenvalue weighted by Crippen LogP contribution is 2.33. The first-order chi connectivity index (χ1) is 17.2. The number of esters is 1. The Kier molecular flexibility index (Phi) is 7.68. The molecule has 0 saturated carbocycles. The third kappa shape index (κ3) is 5.41. The number of ether oxygens (including phenoxy) is 2. The third-order valence-corrected chi connectivity index (χ3v) is 9.24. The van der Waals surface area contributed by atoms with Crippen LogP contribution in [0.2, 0.25) is 0 Å². The van der Waals surface area contributed by atoms with Crippen LogP contribution in [0, 0.1) is 13.8 Å².